The van der Waals surface area contributed by atoms with E-state index in [9.17, 15) is 18.0 Å². The first-order valence-electron chi connectivity index (χ1n) is 5.56. The number of ketones is 1. The van der Waals surface area contributed by atoms with E-state index in [4.69, 9.17) is 0 Å². The summed E-state index contributed by atoms with van der Waals surface area (Å²) in [5.74, 6) is -1.77. The lowest BCUT2D eigenvalue weighted by Crippen LogP contribution is -2.25. The van der Waals surface area contributed by atoms with Crippen molar-refractivity contribution in [2.45, 2.75) is 12.6 Å². The highest BCUT2D eigenvalue weighted by molar-refractivity contribution is 5.86. The zero-order chi connectivity index (χ0) is 14.0. The van der Waals surface area contributed by atoms with Gasteiger partial charge in [0.15, 0.2) is 0 Å². The van der Waals surface area contributed by atoms with Gasteiger partial charge in [-0.25, -0.2) is 0 Å². The fraction of sp³-hybridized carbons (Fsp3) is 0.231. The first kappa shape index (κ1) is 13.3. The molecule has 0 aliphatic carbocycles. The van der Waals surface area contributed by atoms with E-state index in [2.05, 4.69) is 5.10 Å². The molecule has 0 spiro atoms. The van der Waals surface area contributed by atoms with Gasteiger partial charge in [0.25, 0.3) is 0 Å². The molecule has 0 unspecified atom stereocenters. The van der Waals surface area contributed by atoms with Crippen LogP contribution in [0.1, 0.15) is 5.69 Å². The molecule has 0 aliphatic rings. The van der Waals surface area contributed by atoms with Crippen LogP contribution in [-0.4, -0.2) is 21.7 Å². The molecule has 6 heteroatoms. The van der Waals surface area contributed by atoms with Crippen LogP contribution in [0.4, 0.5) is 13.2 Å². The van der Waals surface area contributed by atoms with Crippen LogP contribution in [0.25, 0.3) is 11.3 Å². The van der Waals surface area contributed by atoms with Crippen LogP contribution in [0.5, 0.6) is 0 Å². The Morgan fingerprint density at radius 3 is 2.47 bits per heavy atom. The van der Waals surface area contributed by atoms with E-state index in [0.717, 1.165) is 5.56 Å². The number of hydrogen-bond acceptors (Lipinski definition) is 2. The van der Waals surface area contributed by atoms with Gasteiger partial charge in [-0.15, -0.1) is 0 Å². The number of carbonyl (C=O) groups excluding carboxylic acids is 1. The molecule has 1 heterocycles. The SMILES string of the molecule is Cn1nc(-c2ccccc2)cc1CC(=O)C(F)(F)F. The first-order chi connectivity index (χ1) is 8.88. The number of rotatable bonds is 3. The molecule has 100 valence electrons. The Labute approximate surface area is 107 Å². The molecule has 3 nitrogen and oxygen atoms in total. The molecule has 19 heavy (non-hydrogen) atoms. The van der Waals surface area contributed by atoms with Crippen molar-refractivity contribution in [1.82, 2.24) is 9.78 Å². The average molecular weight is 268 g/mol. The highest BCUT2D eigenvalue weighted by Gasteiger charge is 2.38. The normalized spacial score (nSPS) is 11.6. The maximum atomic E-state index is 12.2. The van der Waals surface area contributed by atoms with Gasteiger partial charge >= 0.3 is 6.18 Å². The molecule has 0 saturated carbocycles. The van der Waals surface area contributed by atoms with Crippen LogP contribution < -0.4 is 0 Å². The molecule has 0 aliphatic heterocycles. The molecule has 0 amide bonds. The molecule has 1 aromatic carbocycles. The molecule has 0 saturated heterocycles. The maximum absolute atomic E-state index is 12.2. The third-order valence-corrected chi connectivity index (χ3v) is 2.70. The third kappa shape index (κ3) is 3.01. The monoisotopic (exact) mass is 268 g/mol. The van der Waals surface area contributed by atoms with E-state index in [0.29, 0.717) is 5.69 Å². The van der Waals surface area contributed by atoms with E-state index in [-0.39, 0.29) is 5.69 Å². The van der Waals surface area contributed by atoms with Crippen molar-refractivity contribution in [2.75, 3.05) is 0 Å². The Bertz CT molecular complexity index is 588. The van der Waals surface area contributed by atoms with Gasteiger partial charge in [0.05, 0.1) is 12.1 Å². The molecule has 0 N–H and O–H groups in total. The van der Waals surface area contributed by atoms with Crippen LogP contribution in [0.2, 0.25) is 0 Å². The predicted octanol–water partition coefficient (Wildman–Crippen LogP) is 2.76. The van der Waals surface area contributed by atoms with Gasteiger partial charge in [0.2, 0.25) is 5.78 Å². The van der Waals surface area contributed by atoms with Gasteiger partial charge in [-0.1, -0.05) is 30.3 Å². The quantitative estimate of drug-likeness (QED) is 0.858. The minimum atomic E-state index is -4.81. The Hall–Kier alpha value is -2.11. The Balaban J connectivity index is 2.25. The van der Waals surface area contributed by atoms with Gasteiger partial charge in [-0.2, -0.15) is 18.3 Å². The zero-order valence-electron chi connectivity index (χ0n) is 10.1. The van der Waals surface area contributed by atoms with Gasteiger partial charge < -0.3 is 0 Å². The second-order valence-electron chi connectivity index (χ2n) is 4.11. The second-order valence-corrected chi connectivity index (χ2v) is 4.11. The fourth-order valence-corrected chi connectivity index (χ4v) is 1.69. The van der Waals surface area contributed by atoms with Crippen molar-refractivity contribution in [2.24, 2.45) is 7.05 Å². The zero-order valence-corrected chi connectivity index (χ0v) is 10.1. The summed E-state index contributed by atoms with van der Waals surface area (Å²) in [6.07, 6.45) is -5.50. The molecule has 0 atom stereocenters. The van der Waals surface area contributed by atoms with Crippen LogP contribution in [0.15, 0.2) is 36.4 Å². The highest BCUT2D eigenvalue weighted by Crippen LogP contribution is 2.22. The van der Waals surface area contributed by atoms with E-state index >= 15 is 0 Å². The number of nitrogens with zero attached hydrogens (tertiary/aromatic N) is 2. The molecule has 2 rings (SSSR count). The van der Waals surface area contributed by atoms with Gasteiger partial charge in [-0.3, -0.25) is 9.48 Å². The fourth-order valence-electron chi connectivity index (χ4n) is 1.69. The number of alkyl halides is 3. The van der Waals surface area contributed by atoms with Crippen LogP contribution in [0.3, 0.4) is 0 Å². The molecule has 2 aromatic rings. The predicted molar refractivity (Wildman–Crippen MR) is 63.4 cm³/mol. The molecular formula is C13H11F3N2O. The number of aryl methyl sites for hydroxylation is 1. The van der Waals surface area contributed by atoms with Gasteiger partial charge in [-0.05, 0) is 6.07 Å². The molecule has 0 radical (unpaired) electrons. The number of aromatic nitrogens is 2. The van der Waals surface area contributed by atoms with E-state index in [1.54, 1.807) is 12.1 Å². The lowest BCUT2D eigenvalue weighted by Gasteiger charge is -2.04. The number of carbonyl (C=O) groups is 1. The average Bonchev–Trinajstić information content (AvgIpc) is 2.71. The summed E-state index contributed by atoms with van der Waals surface area (Å²) < 4.78 is 37.9. The number of benzene rings is 1. The smallest absolute Gasteiger partial charge is 0.289 e. The second kappa shape index (κ2) is 4.87. The molecule has 1 aromatic heterocycles. The third-order valence-electron chi connectivity index (χ3n) is 2.70. The number of hydrogen-bond donors (Lipinski definition) is 0. The first-order valence-corrected chi connectivity index (χ1v) is 5.56. The van der Waals surface area contributed by atoms with Crippen LogP contribution >= 0.6 is 0 Å². The summed E-state index contributed by atoms with van der Waals surface area (Å²) in [4.78, 5) is 11.0. The Morgan fingerprint density at radius 1 is 1.26 bits per heavy atom. The lowest BCUT2D eigenvalue weighted by molar-refractivity contribution is -0.170. The molecule has 0 fully saturated rings. The number of halogens is 3. The summed E-state index contributed by atoms with van der Waals surface area (Å²) >= 11 is 0. The van der Waals surface area contributed by atoms with Crippen molar-refractivity contribution >= 4 is 5.78 Å². The highest BCUT2D eigenvalue weighted by atomic mass is 19.4. The minimum absolute atomic E-state index is 0.237. The summed E-state index contributed by atoms with van der Waals surface area (Å²) in [5.41, 5.74) is 1.58. The number of Topliss-reactive ketones (excluding diaryl/α,β-unsaturated/α-hetero) is 1. The van der Waals surface area contributed by atoms with Crippen LogP contribution in [0, 0.1) is 0 Å². The Kier molecular flexibility index (Phi) is 3.42. The minimum Gasteiger partial charge on any atom is -0.289 e. The Morgan fingerprint density at radius 2 is 1.89 bits per heavy atom. The van der Waals surface area contributed by atoms with E-state index < -0.39 is 18.4 Å². The maximum Gasteiger partial charge on any atom is 0.450 e. The summed E-state index contributed by atoms with van der Waals surface area (Å²) in [6, 6.07) is 10.6. The molecular weight excluding hydrogens is 257 g/mol. The largest absolute Gasteiger partial charge is 0.450 e. The van der Waals surface area contributed by atoms with Crippen molar-refractivity contribution < 1.29 is 18.0 Å². The van der Waals surface area contributed by atoms with Crippen molar-refractivity contribution in [3.63, 3.8) is 0 Å². The van der Waals surface area contributed by atoms with E-state index in [1.165, 1.54) is 17.8 Å². The lowest BCUT2D eigenvalue weighted by atomic mass is 10.1. The van der Waals surface area contributed by atoms with Crippen molar-refractivity contribution in [1.29, 1.82) is 0 Å². The standard InChI is InChI=1S/C13H11F3N2O/c1-18-10(8-12(19)13(14,15)16)7-11(17-18)9-5-3-2-4-6-9/h2-7H,8H2,1H3. The topological polar surface area (TPSA) is 34.9 Å². The van der Waals surface area contributed by atoms with Crippen molar-refractivity contribution in [3.8, 4) is 11.3 Å². The summed E-state index contributed by atoms with van der Waals surface area (Å²) in [5, 5.41) is 4.11. The summed E-state index contributed by atoms with van der Waals surface area (Å²) in [7, 11) is 1.52. The summed E-state index contributed by atoms with van der Waals surface area (Å²) in [6.45, 7) is 0. The van der Waals surface area contributed by atoms with Gasteiger partial charge in [0.1, 0.15) is 0 Å². The van der Waals surface area contributed by atoms with Crippen molar-refractivity contribution in [3.05, 3.63) is 42.1 Å². The van der Waals surface area contributed by atoms with E-state index in [1.807, 2.05) is 18.2 Å². The molecule has 0 bridgehead atoms. The van der Waals surface area contributed by atoms with Crippen LogP contribution in [-0.2, 0) is 18.3 Å². The van der Waals surface area contributed by atoms with Gasteiger partial charge in [0, 0.05) is 18.3 Å².